The van der Waals surface area contributed by atoms with Crippen LogP contribution in [0.15, 0.2) is 48.5 Å². The lowest BCUT2D eigenvalue weighted by Crippen LogP contribution is -2.46. The fourth-order valence-corrected chi connectivity index (χ4v) is 4.76. The molecule has 2 aromatic carbocycles. The largest absolute Gasteiger partial charge is 0.480 e. The fraction of sp³-hybridized carbons (Fsp3) is 0.400. The highest BCUT2D eigenvalue weighted by atomic mass is 16.5. The Morgan fingerprint density at radius 1 is 1.03 bits per heavy atom. The van der Waals surface area contributed by atoms with E-state index < -0.39 is 18.1 Å². The number of amides is 2. The lowest BCUT2D eigenvalue weighted by Gasteiger charge is -2.29. The number of rotatable bonds is 6. The summed E-state index contributed by atoms with van der Waals surface area (Å²) < 4.78 is 5.61. The number of nitrogens with one attached hydrogen (secondary N) is 2. The molecule has 32 heavy (non-hydrogen) atoms. The highest BCUT2D eigenvalue weighted by molar-refractivity contribution is 5.85. The van der Waals surface area contributed by atoms with Crippen LogP contribution in [0, 0.1) is 5.92 Å². The van der Waals surface area contributed by atoms with Gasteiger partial charge in [0.2, 0.25) is 5.91 Å². The first-order chi connectivity index (χ1) is 15.4. The molecule has 168 valence electrons. The number of carbonyl (C=O) groups is 3. The number of ether oxygens (including phenoxy) is 1. The summed E-state index contributed by atoms with van der Waals surface area (Å²) in [5.74, 6) is -1.67. The average Bonchev–Trinajstić information content (AvgIpc) is 3.11. The van der Waals surface area contributed by atoms with Crippen molar-refractivity contribution in [2.24, 2.45) is 5.92 Å². The summed E-state index contributed by atoms with van der Waals surface area (Å²) in [4.78, 5) is 35.9. The van der Waals surface area contributed by atoms with Gasteiger partial charge in [-0.15, -0.1) is 0 Å². The van der Waals surface area contributed by atoms with Crippen molar-refractivity contribution in [3.8, 4) is 11.1 Å². The number of carboxylic acids is 1. The quantitative estimate of drug-likeness (QED) is 0.641. The molecule has 0 radical (unpaired) electrons. The van der Waals surface area contributed by atoms with Crippen LogP contribution in [0.4, 0.5) is 4.79 Å². The molecule has 0 bridgehead atoms. The van der Waals surface area contributed by atoms with E-state index in [1.165, 1.54) is 18.1 Å². The van der Waals surface area contributed by atoms with Crippen LogP contribution in [0.5, 0.6) is 0 Å². The van der Waals surface area contributed by atoms with Crippen molar-refractivity contribution in [2.45, 2.75) is 50.6 Å². The number of alkyl carbamates (subject to hydrolysis) is 1. The van der Waals surface area contributed by atoms with Crippen molar-refractivity contribution in [2.75, 3.05) is 6.61 Å². The summed E-state index contributed by atoms with van der Waals surface area (Å²) in [6, 6.07) is 15.2. The highest BCUT2D eigenvalue weighted by Gasteiger charge is 2.31. The Balaban J connectivity index is 1.33. The van der Waals surface area contributed by atoms with Gasteiger partial charge in [-0.2, -0.15) is 0 Å². The van der Waals surface area contributed by atoms with Gasteiger partial charge in [0.25, 0.3) is 0 Å². The van der Waals surface area contributed by atoms with Gasteiger partial charge in [-0.25, -0.2) is 4.79 Å². The zero-order valence-corrected chi connectivity index (χ0v) is 18.0. The molecular formula is C25H28N2O5. The molecule has 3 N–H and O–H groups in total. The number of carbonyl (C=O) groups excluding carboxylic acids is 2. The molecule has 2 amide bonds. The van der Waals surface area contributed by atoms with Crippen LogP contribution in [0.25, 0.3) is 11.1 Å². The summed E-state index contributed by atoms with van der Waals surface area (Å²) in [5, 5.41) is 14.4. The van der Waals surface area contributed by atoms with Gasteiger partial charge in [0, 0.05) is 17.9 Å². The minimum absolute atomic E-state index is 0.00413. The van der Waals surface area contributed by atoms with Gasteiger partial charge in [-0.3, -0.25) is 9.59 Å². The van der Waals surface area contributed by atoms with Gasteiger partial charge in [-0.05, 0) is 48.4 Å². The summed E-state index contributed by atoms with van der Waals surface area (Å²) in [6.45, 7) is 1.68. The van der Waals surface area contributed by atoms with Gasteiger partial charge in [0.15, 0.2) is 0 Å². The van der Waals surface area contributed by atoms with E-state index in [1.807, 2.05) is 24.3 Å². The highest BCUT2D eigenvalue weighted by Crippen LogP contribution is 2.44. The summed E-state index contributed by atoms with van der Waals surface area (Å²) in [5.41, 5.74) is 4.66. The first-order valence-electron chi connectivity index (χ1n) is 11.1. The molecule has 1 fully saturated rings. The lowest BCUT2D eigenvalue weighted by molar-refractivity contribution is -0.142. The predicted molar refractivity (Wildman–Crippen MR) is 119 cm³/mol. The first kappa shape index (κ1) is 21.9. The van der Waals surface area contributed by atoms with Gasteiger partial charge < -0.3 is 20.5 Å². The Morgan fingerprint density at radius 3 is 2.28 bits per heavy atom. The second-order valence-electron chi connectivity index (χ2n) is 8.60. The van der Waals surface area contributed by atoms with Crippen LogP contribution in [0.2, 0.25) is 0 Å². The molecular weight excluding hydrogens is 408 g/mol. The molecule has 7 heteroatoms. The molecule has 0 aliphatic heterocycles. The van der Waals surface area contributed by atoms with Crippen LogP contribution in [-0.2, 0) is 14.3 Å². The summed E-state index contributed by atoms with van der Waals surface area (Å²) >= 11 is 0. The maximum absolute atomic E-state index is 12.5. The standard InChI is InChI=1S/C25H28N2O5/c1-15(24(29)30)26-23(28)16-7-6-8-17(13-16)27-25(31)32-14-22-20-11-4-2-9-18(20)19-10-3-5-12-21(19)22/h2-5,9-12,15-17,22H,6-8,13-14H2,1H3,(H,26,28)(H,27,31)(H,29,30)/t15-,16+,17+/m0/s1. The average molecular weight is 437 g/mol. The van der Waals surface area contributed by atoms with Crippen molar-refractivity contribution in [3.05, 3.63) is 59.7 Å². The SMILES string of the molecule is C[C@H](NC(=O)[C@@H]1CCC[C@@H](NC(=O)OCC2c3ccccc3-c3ccccc32)C1)C(=O)O. The minimum atomic E-state index is -1.07. The van der Waals surface area contributed by atoms with E-state index in [0.717, 1.165) is 24.0 Å². The maximum Gasteiger partial charge on any atom is 0.407 e. The zero-order chi connectivity index (χ0) is 22.7. The van der Waals surface area contributed by atoms with Crippen LogP contribution < -0.4 is 10.6 Å². The fourth-order valence-electron chi connectivity index (χ4n) is 4.76. The molecule has 2 aromatic rings. The monoisotopic (exact) mass is 436 g/mol. The Morgan fingerprint density at radius 2 is 1.66 bits per heavy atom. The van der Waals surface area contributed by atoms with E-state index in [0.29, 0.717) is 12.8 Å². The van der Waals surface area contributed by atoms with Crippen LogP contribution in [0.1, 0.15) is 49.7 Å². The second kappa shape index (κ2) is 9.42. The molecule has 2 aliphatic rings. The topological polar surface area (TPSA) is 105 Å². The zero-order valence-electron chi connectivity index (χ0n) is 18.0. The number of fused-ring (bicyclic) bond motifs is 3. The normalized spacial score (nSPS) is 20.5. The third kappa shape index (κ3) is 4.61. The van der Waals surface area contributed by atoms with E-state index in [1.54, 1.807) is 0 Å². The molecule has 0 heterocycles. The van der Waals surface area contributed by atoms with Gasteiger partial charge in [0.1, 0.15) is 12.6 Å². The van der Waals surface area contributed by atoms with Gasteiger partial charge >= 0.3 is 12.1 Å². The van der Waals surface area contributed by atoms with Crippen LogP contribution in [-0.4, -0.2) is 41.8 Å². The lowest BCUT2D eigenvalue weighted by atomic mass is 9.85. The molecule has 3 atom stereocenters. The van der Waals surface area contributed by atoms with Gasteiger partial charge in [0.05, 0.1) is 0 Å². The number of hydrogen-bond acceptors (Lipinski definition) is 4. The Bertz CT molecular complexity index is 975. The van der Waals surface area contributed by atoms with E-state index in [2.05, 4.69) is 34.9 Å². The third-order valence-corrected chi connectivity index (χ3v) is 6.44. The Labute approximate surface area is 187 Å². The molecule has 0 unspecified atom stereocenters. The summed E-state index contributed by atoms with van der Waals surface area (Å²) in [6.07, 6.45) is 2.22. The van der Waals surface area contributed by atoms with Gasteiger partial charge in [-0.1, -0.05) is 55.0 Å². The molecule has 0 saturated heterocycles. The van der Waals surface area contributed by atoms with Crippen LogP contribution in [0.3, 0.4) is 0 Å². The number of carboxylic acid groups (broad SMARTS) is 1. The third-order valence-electron chi connectivity index (χ3n) is 6.44. The van der Waals surface area contributed by atoms with E-state index in [4.69, 9.17) is 9.84 Å². The number of aliphatic carboxylic acids is 1. The molecule has 0 aromatic heterocycles. The molecule has 4 rings (SSSR count). The van der Waals surface area contributed by atoms with Crippen molar-refractivity contribution >= 4 is 18.0 Å². The molecule has 0 spiro atoms. The predicted octanol–water partition coefficient (Wildman–Crippen LogP) is 3.67. The van der Waals surface area contributed by atoms with Crippen molar-refractivity contribution in [3.63, 3.8) is 0 Å². The second-order valence-corrected chi connectivity index (χ2v) is 8.60. The van der Waals surface area contributed by atoms with Crippen molar-refractivity contribution in [1.29, 1.82) is 0 Å². The number of benzene rings is 2. The van der Waals surface area contributed by atoms with E-state index in [9.17, 15) is 14.4 Å². The number of hydrogen-bond donors (Lipinski definition) is 3. The Hall–Kier alpha value is -3.35. The minimum Gasteiger partial charge on any atom is -0.480 e. The van der Waals surface area contributed by atoms with Crippen LogP contribution >= 0.6 is 0 Å². The van der Waals surface area contributed by atoms with E-state index in [-0.39, 0.29) is 30.4 Å². The molecule has 2 aliphatic carbocycles. The maximum atomic E-state index is 12.5. The smallest absolute Gasteiger partial charge is 0.407 e. The summed E-state index contributed by atoms with van der Waals surface area (Å²) in [7, 11) is 0. The molecule has 7 nitrogen and oxygen atoms in total. The molecule has 1 saturated carbocycles. The Kier molecular flexibility index (Phi) is 6.44. The van der Waals surface area contributed by atoms with Crippen molar-refractivity contribution in [1.82, 2.24) is 10.6 Å². The van der Waals surface area contributed by atoms with E-state index >= 15 is 0 Å². The first-order valence-corrected chi connectivity index (χ1v) is 11.1. The van der Waals surface area contributed by atoms with Crippen molar-refractivity contribution < 1.29 is 24.2 Å².